The van der Waals surface area contributed by atoms with Gasteiger partial charge in [0.25, 0.3) is 0 Å². The third-order valence-electron chi connectivity index (χ3n) is 1.86. The fourth-order valence-electron chi connectivity index (χ4n) is 1.15. The van der Waals surface area contributed by atoms with E-state index in [2.05, 4.69) is 10.8 Å². The van der Waals surface area contributed by atoms with Crippen molar-refractivity contribution in [1.82, 2.24) is 0 Å². The van der Waals surface area contributed by atoms with E-state index in [0.717, 1.165) is 5.56 Å². The van der Waals surface area contributed by atoms with Crippen molar-refractivity contribution in [2.45, 2.75) is 13.3 Å². The first-order valence-electron chi connectivity index (χ1n) is 4.52. The number of hydrogen-bond donors (Lipinski definition) is 0. The lowest BCUT2D eigenvalue weighted by Crippen LogP contribution is -1.96. The molecule has 0 aliphatic heterocycles. The van der Waals surface area contributed by atoms with Crippen molar-refractivity contribution in [3.63, 3.8) is 0 Å². The van der Waals surface area contributed by atoms with Gasteiger partial charge in [0.2, 0.25) is 0 Å². The second kappa shape index (κ2) is 5.22. The monoisotopic (exact) mass is 190 g/mol. The summed E-state index contributed by atoms with van der Waals surface area (Å²) in [5, 5.41) is 0. The molecule has 0 heterocycles. The second-order valence-electron chi connectivity index (χ2n) is 3.10. The van der Waals surface area contributed by atoms with Crippen LogP contribution in [0.1, 0.15) is 17.5 Å². The SMILES string of the molecule is COC(=O)CC=Cc1cccc(C)c1. The maximum atomic E-state index is 10.8. The van der Waals surface area contributed by atoms with Crippen LogP contribution in [0.3, 0.4) is 0 Å². The van der Waals surface area contributed by atoms with E-state index < -0.39 is 0 Å². The fraction of sp³-hybridized carbons (Fsp3) is 0.250. The molecular weight excluding hydrogens is 176 g/mol. The minimum atomic E-state index is -0.214. The third-order valence-corrected chi connectivity index (χ3v) is 1.86. The highest BCUT2D eigenvalue weighted by molar-refractivity contribution is 5.72. The van der Waals surface area contributed by atoms with Gasteiger partial charge in [-0.1, -0.05) is 42.0 Å². The quantitative estimate of drug-likeness (QED) is 0.685. The van der Waals surface area contributed by atoms with Crippen molar-refractivity contribution in [1.29, 1.82) is 0 Å². The molecule has 2 heteroatoms. The Morgan fingerprint density at radius 3 is 2.93 bits per heavy atom. The van der Waals surface area contributed by atoms with Crippen LogP contribution in [0.15, 0.2) is 30.3 Å². The van der Waals surface area contributed by atoms with Gasteiger partial charge in [0, 0.05) is 0 Å². The van der Waals surface area contributed by atoms with Crippen LogP contribution in [0.4, 0.5) is 0 Å². The minimum Gasteiger partial charge on any atom is -0.469 e. The first-order valence-corrected chi connectivity index (χ1v) is 4.52. The number of ether oxygens (including phenoxy) is 1. The van der Waals surface area contributed by atoms with Gasteiger partial charge in [0.05, 0.1) is 13.5 Å². The number of rotatable bonds is 3. The van der Waals surface area contributed by atoms with E-state index in [-0.39, 0.29) is 5.97 Å². The molecule has 74 valence electrons. The van der Waals surface area contributed by atoms with Crippen LogP contribution in [-0.2, 0) is 9.53 Å². The van der Waals surface area contributed by atoms with Crippen LogP contribution in [0.2, 0.25) is 0 Å². The molecule has 0 saturated heterocycles. The van der Waals surface area contributed by atoms with Crippen LogP contribution in [0.5, 0.6) is 0 Å². The van der Waals surface area contributed by atoms with Crippen molar-refractivity contribution in [3.8, 4) is 0 Å². The highest BCUT2D eigenvalue weighted by atomic mass is 16.5. The molecule has 0 N–H and O–H groups in total. The lowest BCUT2D eigenvalue weighted by atomic mass is 10.1. The van der Waals surface area contributed by atoms with Crippen LogP contribution in [0, 0.1) is 6.92 Å². The summed E-state index contributed by atoms with van der Waals surface area (Å²) in [6, 6.07) is 8.10. The number of esters is 1. The number of carbonyl (C=O) groups excluding carboxylic acids is 1. The van der Waals surface area contributed by atoms with Crippen molar-refractivity contribution in [2.24, 2.45) is 0 Å². The summed E-state index contributed by atoms with van der Waals surface area (Å²) in [6.07, 6.45) is 4.05. The lowest BCUT2D eigenvalue weighted by molar-refractivity contribution is -0.139. The van der Waals surface area contributed by atoms with E-state index >= 15 is 0 Å². The van der Waals surface area contributed by atoms with E-state index in [9.17, 15) is 4.79 Å². The normalized spacial score (nSPS) is 10.4. The molecule has 0 radical (unpaired) electrons. The Kier molecular flexibility index (Phi) is 3.92. The zero-order valence-electron chi connectivity index (χ0n) is 8.49. The topological polar surface area (TPSA) is 26.3 Å². The predicted octanol–water partition coefficient (Wildman–Crippen LogP) is 2.57. The minimum absolute atomic E-state index is 0.214. The Bertz CT molecular complexity index is 340. The van der Waals surface area contributed by atoms with Crippen molar-refractivity contribution in [2.75, 3.05) is 7.11 Å². The number of methoxy groups -OCH3 is 1. The summed E-state index contributed by atoms with van der Waals surface area (Å²) in [6.45, 7) is 2.04. The largest absolute Gasteiger partial charge is 0.469 e. The molecule has 1 rings (SSSR count). The van der Waals surface area contributed by atoms with Gasteiger partial charge in [0.15, 0.2) is 0 Å². The summed E-state index contributed by atoms with van der Waals surface area (Å²) in [7, 11) is 1.39. The highest BCUT2D eigenvalue weighted by Crippen LogP contribution is 2.06. The van der Waals surface area contributed by atoms with Gasteiger partial charge in [-0.3, -0.25) is 4.79 Å². The molecule has 0 amide bonds. The number of aryl methyl sites for hydroxylation is 1. The number of carbonyl (C=O) groups is 1. The van der Waals surface area contributed by atoms with Gasteiger partial charge in [-0.2, -0.15) is 0 Å². The summed E-state index contributed by atoms with van der Waals surface area (Å²) in [4.78, 5) is 10.8. The van der Waals surface area contributed by atoms with Gasteiger partial charge in [0.1, 0.15) is 0 Å². The first kappa shape index (κ1) is 10.5. The van der Waals surface area contributed by atoms with Crippen molar-refractivity contribution >= 4 is 12.0 Å². The Morgan fingerprint density at radius 1 is 1.50 bits per heavy atom. The second-order valence-corrected chi connectivity index (χ2v) is 3.10. The van der Waals surface area contributed by atoms with E-state index in [1.54, 1.807) is 6.08 Å². The molecule has 0 aliphatic carbocycles. The molecule has 0 spiro atoms. The molecule has 0 aliphatic rings. The van der Waals surface area contributed by atoms with Crippen LogP contribution in [-0.4, -0.2) is 13.1 Å². The molecule has 2 nitrogen and oxygen atoms in total. The fourth-order valence-corrected chi connectivity index (χ4v) is 1.15. The van der Waals surface area contributed by atoms with Gasteiger partial charge in [-0.25, -0.2) is 0 Å². The average molecular weight is 190 g/mol. The van der Waals surface area contributed by atoms with Gasteiger partial charge in [-0.05, 0) is 12.5 Å². The smallest absolute Gasteiger partial charge is 0.309 e. The van der Waals surface area contributed by atoms with E-state index in [4.69, 9.17) is 0 Å². The summed E-state index contributed by atoms with van der Waals surface area (Å²) < 4.78 is 4.52. The van der Waals surface area contributed by atoms with Crippen LogP contribution in [0.25, 0.3) is 6.08 Å². The Hall–Kier alpha value is -1.57. The summed E-state index contributed by atoms with van der Waals surface area (Å²) in [5.74, 6) is -0.214. The number of benzene rings is 1. The molecule has 1 aromatic carbocycles. The van der Waals surface area contributed by atoms with Gasteiger partial charge < -0.3 is 4.74 Å². The first-order chi connectivity index (χ1) is 6.72. The molecular formula is C12H14O2. The van der Waals surface area contributed by atoms with Crippen molar-refractivity contribution < 1.29 is 9.53 Å². The molecule has 0 saturated carbocycles. The Morgan fingerprint density at radius 2 is 2.29 bits per heavy atom. The molecule has 0 unspecified atom stereocenters. The number of hydrogen-bond acceptors (Lipinski definition) is 2. The third kappa shape index (κ3) is 3.44. The highest BCUT2D eigenvalue weighted by Gasteiger charge is 1.93. The molecule has 0 aromatic heterocycles. The van der Waals surface area contributed by atoms with E-state index in [0.29, 0.717) is 6.42 Å². The molecule has 14 heavy (non-hydrogen) atoms. The Labute approximate surface area is 84.2 Å². The molecule has 0 fully saturated rings. The molecule has 0 atom stereocenters. The van der Waals surface area contributed by atoms with Crippen molar-refractivity contribution in [3.05, 3.63) is 41.5 Å². The van der Waals surface area contributed by atoms with Gasteiger partial charge in [-0.15, -0.1) is 0 Å². The maximum Gasteiger partial charge on any atom is 0.309 e. The van der Waals surface area contributed by atoms with Gasteiger partial charge >= 0.3 is 5.97 Å². The maximum absolute atomic E-state index is 10.8. The molecule has 0 bridgehead atoms. The average Bonchev–Trinajstić information content (AvgIpc) is 2.17. The van der Waals surface area contributed by atoms with Crippen LogP contribution >= 0.6 is 0 Å². The van der Waals surface area contributed by atoms with Crippen LogP contribution < -0.4 is 0 Å². The van der Waals surface area contributed by atoms with E-state index in [1.165, 1.54) is 12.7 Å². The van der Waals surface area contributed by atoms with E-state index in [1.807, 2.05) is 31.2 Å². The zero-order valence-corrected chi connectivity index (χ0v) is 8.49. The predicted molar refractivity (Wildman–Crippen MR) is 56.8 cm³/mol. The zero-order chi connectivity index (χ0) is 10.4. The summed E-state index contributed by atoms with van der Waals surface area (Å²) in [5.41, 5.74) is 2.32. The standard InChI is InChI=1S/C12H14O2/c1-10-5-3-6-11(9-10)7-4-8-12(13)14-2/h3-7,9H,8H2,1-2H3. The molecule has 1 aromatic rings. The lowest BCUT2D eigenvalue weighted by Gasteiger charge is -1.95. The Balaban J connectivity index is 2.56. The summed E-state index contributed by atoms with van der Waals surface area (Å²) >= 11 is 0.